The number of aliphatic imine (C=N–C) groups is 1. The largest absolute Gasteiger partial charge is 0.492 e. The van der Waals surface area contributed by atoms with Crippen molar-refractivity contribution >= 4 is 49.6 Å². The number of allylic oxidation sites excluding steroid dienone is 3. The molecule has 0 aromatic heterocycles. The quantitative estimate of drug-likeness (QED) is 0.148. The van der Waals surface area contributed by atoms with Crippen molar-refractivity contribution in [2.24, 2.45) is 15.3 Å². The van der Waals surface area contributed by atoms with E-state index in [1.807, 2.05) is 12.1 Å². The number of thioether (sulfide) groups is 1. The van der Waals surface area contributed by atoms with Crippen molar-refractivity contribution in [2.75, 3.05) is 72.8 Å². The van der Waals surface area contributed by atoms with Crippen LogP contribution in [0.1, 0.15) is 12.0 Å². The normalized spacial score (nSPS) is 18.2. The van der Waals surface area contributed by atoms with Gasteiger partial charge in [-0.15, -0.1) is 0 Å². The van der Waals surface area contributed by atoms with Gasteiger partial charge >= 0.3 is 0 Å². The van der Waals surface area contributed by atoms with Crippen molar-refractivity contribution in [1.29, 1.82) is 0 Å². The third-order valence-corrected chi connectivity index (χ3v) is 10.5. The van der Waals surface area contributed by atoms with Crippen LogP contribution in [-0.2, 0) is 34.4 Å². The van der Waals surface area contributed by atoms with Crippen molar-refractivity contribution < 1.29 is 28.4 Å². The molecule has 6 rings (SSSR count). The molecule has 0 fully saturated rings. The van der Waals surface area contributed by atoms with Gasteiger partial charge in [0.05, 0.1) is 51.0 Å². The van der Waals surface area contributed by atoms with Gasteiger partial charge in [-0.05, 0) is 73.0 Å². The molecule has 0 N–H and O–H groups in total. The summed E-state index contributed by atoms with van der Waals surface area (Å²) in [5.41, 5.74) is 3.17. The molecule has 0 saturated carbocycles. The fraction of sp³-hybridized carbons (Fsp3) is 0.382. The first kappa shape index (κ1) is 31.0. The third-order valence-electron chi connectivity index (χ3n) is 7.42. The topological polar surface area (TPSA) is 80.1 Å². The SMILES string of the molecule is COCCOCCOC1=CCC(CS2=Nc3ccc4c5c(ccc2c35)N=C(c2ccc(OCCOCCOC)cc2)S4)C=C1. The van der Waals surface area contributed by atoms with Crippen LogP contribution in [-0.4, -0.2) is 77.9 Å². The summed E-state index contributed by atoms with van der Waals surface area (Å²) >= 11 is 1.72. The number of rotatable bonds is 17. The van der Waals surface area contributed by atoms with Crippen LogP contribution in [0.5, 0.6) is 5.75 Å². The van der Waals surface area contributed by atoms with Gasteiger partial charge in [-0.2, -0.15) is 0 Å². The first-order valence-electron chi connectivity index (χ1n) is 14.9. The predicted octanol–water partition coefficient (Wildman–Crippen LogP) is 7.01. The molecule has 10 heteroatoms. The summed E-state index contributed by atoms with van der Waals surface area (Å²) in [7, 11) is 3.14. The van der Waals surface area contributed by atoms with Gasteiger partial charge in [0, 0.05) is 46.1 Å². The fourth-order valence-electron chi connectivity index (χ4n) is 5.20. The second kappa shape index (κ2) is 15.3. The minimum atomic E-state index is -0.192. The molecule has 0 bridgehead atoms. The van der Waals surface area contributed by atoms with E-state index >= 15 is 0 Å². The first-order chi connectivity index (χ1) is 21.7. The maximum Gasteiger partial charge on any atom is 0.119 e. The minimum Gasteiger partial charge on any atom is -0.492 e. The highest BCUT2D eigenvalue weighted by atomic mass is 32.2. The van der Waals surface area contributed by atoms with E-state index in [4.69, 9.17) is 37.8 Å². The van der Waals surface area contributed by atoms with Crippen LogP contribution >= 0.6 is 11.8 Å². The molecule has 2 atom stereocenters. The average Bonchev–Trinajstić information content (AvgIpc) is 3.42. The van der Waals surface area contributed by atoms with Gasteiger partial charge in [0.2, 0.25) is 0 Å². The minimum absolute atomic E-state index is 0.192. The molecular weight excluding hydrogens is 597 g/mol. The number of benzene rings is 3. The smallest absolute Gasteiger partial charge is 0.119 e. The van der Waals surface area contributed by atoms with E-state index in [9.17, 15) is 0 Å². The molecule has 232 valence electrons. The summed E-state index contributed by atoms with van der Waals surface area (Å²) in [5.74, 6) is 3.16. The zero-order valence-electron chi connectivity index (χ0n) is 25.2. The van der Waals surface area contributed by atoms with E-state index in [0.717, 1.165) is 45.7 Å². The predicted molar refractivity (Wildman–Crippen MR) is 177 cm³/mol. The second-order valence-corrected chi connectivity index (χ2v) is 13.2. The molecule has 0 amide bonds. The Morgan fingerprint density at radius 1 is 0.773 bits per heavy atom. The molecule has 0 radical (unpaired) electrons. The van der Waals surface area contributed by atoms with Crippen LogP contribution in [0.2, 0.25) is 0 Å². The fourth-order valence-corrected chi connectivity index (χ4v) is 8.31. The summed E-state index contributed by atoms with van der Waals surface area (Å²) in [6.45, 7) is 4.48. The lowest BCUT2D eigenvalue weighted by molar-refractivity contribution is 0.0429. The van der Waals surface area contributed by atoms with Crippen LogP contribution in [0.15, 0.2) is 91.7 Å². The summed E-state index contributed by atoms with van der Waals surface area (Å²) in [6.07, 6.45) is 7.50. The van der Waals surface area contributed by atoms with Crippen LogP contribution in [0.25, 0.3) is 10.8 Å². The molecule has 2 unspecified atom stereocenters. The van der Waals surface area contributed by atoms with E-state index in [2.05, 4.69) is 54.6 Å². The Morgan fingerprint density at radius 3 is 2.23 bits per heavy atom. The van der Waals surface area contributed by atoms with Crippen LogP contribution in [0, 0.1) is 5.92 Å². The highest BCUT2D eigenvalue weighted by molar-refractivity contribution is 8.14. The highest BCUT2D eigenvalue weighted by Crippen LogP contribution is 2.49. The molecule has 3 aromatic carbocycles. The van der Waals surface area contributed by atoms with E-state index in [-0.39, 0.29) is 10.7 Å². The summed E-state index contributed by atoms with van der Waals surface area (Å²) in [4.78, 5) is 7.66. The van der Waals surface area contributed by atoms with Gasteiger partial charge in [-0.1, -0.05) is 28.5 Å². The Morgan fingerprint density at radius 2 is 1.50 bits per heavy atom. The highest BCUT2D eigenvalue weighted by Gasteiger charge is 2.26. The molecular formula is C34H38N2O6S2. The number of hydrogen-bond acceptors (Lipinski definition) is 9. The molecule has 2 heterocycles. The molecule has 2 aliphatic heterocycles. The van der Waals surface area contributed by atoms with Crippen LogP contribution < -0.4 is 4.74 Å². The lowest BCUT2D eigenvalue weighted by Crippen LogP contribution is -2.12. The Hall–Kier alpha value is -2.99. The zero-order valence-corrected chi connectivity index (χ0v) is 26.8. The Kier molecular flexibility index (Phi) is 10.8. The lowest BCUT2D eigenvalue weighted by Gasteiger charge is -2.19. The van der Waals surface area contributed by atoms with Gasteiger partial charge in [0.15, 0.2) is 0 Å². The summed E-state index contributed by atoms with van der Waals surface area (Å²) in [5, 5.41) is 3.48. The second-order valence-electron chi connectivity index (χ2n) is 10.5. The van der Waals surface area contributed by atoms with Gasteiger partial charge in [0.25, 0.3) is 0 Å². The number of methoxy groups -OCH3 is 2. The monoisotopic (exact) mass is 634 g/mol. The van der Waals surface area contributed by atoms with Gasteiger partial charge in [-0.3, -0.25) is 0 Å². The molecule has 3 aliphatic rings. The van der Waals surface area contributed by atoms with Crippen molar-refractivity contribution in [3.63, 3.8) is 0 Å². The number of ether oxygens (including phenoxy) is 6. The molecule has 0 spiro atoms. The van der Waals surface area contributed by atoms with Crippen molar-refractivity contribution in [2.45, 2.75) is 16.2 Å². The van der Waals surface area contributed by atoms with E-state index < -0.39 is 0 Å². The summed E-state index contributed by atoms with van der Waals surface area (Å²) < 4.78 is 37.8. The first-order valence-corrected chi connectivity index (χ1v) is 17.1. The number of nitrogens with zero attached hydrogens (tertiary/aromatic N) is 2. The molecule has 44 heavy (non-hydrogen) atoms. The van der Waals surface area contributed by atoms with Gasteiger partial charge in [0.1, 0.15) is 29.8 Å². The maximum absolute atomic E-state index is 5.86. The number of hydrogen-bond donors (Lipinski definition) is 0. The van der Waals surface area contributed by atoms with Gasteiger partial charge in [-0.25, -0.2) is 9.36 Å². The summed E-state index contributed by atoms with van der Waals surface area (Å²) in [6, 6.07) is 16.9. The Bertz CT molecular complexity index is 1580. The van der Waals surface area contributed by atoms with E-state index in [1.165, 1.54) is 20.6 Å². The van der Waals surface area contributed by atoms with Crippen LogP contribution in [0.3, 0.4) is 0 Å². The Balaban J connectivity index is 1.07. The molecule has 0 saturated heterocycles. The van der Waals surface area contributed by atoms with Crippen molar-refractivity contribution in [3.05, 3.63) is 78.1 Å². The lowest BCUT2D eigenvalue weighted by atomic mass is 10.0. The Labute approximate surface area is 265 Å². The van der Waals surface area contributed by atoms with Crippen LogP contribution in [0.4, 0.5) is 11.4 Å². The maximum atomic E-state index is 5.86. The average molecular weight is 635 g/mol. The van der Waals surface area contributed by atoms with E-state index in [0.29, 0.717) is 58.8 Å². The molecule has 1 aliphatic carbocycles. The van der Waals surface area contributed by atoms with Crippen molar-refractivity contribution in [3.8, 4) is 5.75 Å². The molecule has 8 nitrogen and oxygen atoms in total. The zero-order chi connectivity index (χ0) is 30.1. The molecule has 3 aromatic rings. The van der Waals surface area contributed by atoms with Gasteiger partial charge < -0.3 is 28.4 Å². The van der Waals surface area contributed by atoms with E-state index in [1.54, 1.807) is 26.0 Å². The third kappa shape index (κ3) is 7.44. The van der Waals surface area contributed by atoms with Crippen molar-refractivity contribution in [1.82, 2.24) is 0 Å². The standard InChI is InChI=1S/C34H38N2O6S2/c1-37-15-17-39-19-21-41-26-7-3-24(4-8-26)23-44-31-14-12-28-32-30(13-11-29(36-44)33(31)32)43-34(35-28)25-5-9-27(10-6-25)42-22-20-40-18-16-38-2/h3,5-14,24H,4,15-23H2,1-2H3.